The zero-order chi connectivity index (χ0) is 17.0. The third-order valence-corrected chi connectivity index (χ3v) is 5.57. The smallest absolute Gasteiger partial charge is 0.263 e. The molecule has 0 atom stereocenters. The second-order valence-electron chi connectivity index (χ2n) is 5.12. The van der Waals surface area contributed by atoms with Gasteiger partial charge < -0.3 is 10.5 Å². The first-order chi connectivity index (χ1) is 11.0. The monoisotopic (exact) mass is 355 g/mol. The van der Waals surface area contributed by atoms with Gasteiger partial charge >= 0.3 is 0 Å². The number of ether oxygens (including phenoxy) is 1. The van der Waals surface area contributed by atoms with Gasteiger partial charge in [0, 0.05) is 24.6 Å². The first kappa shape index (κ1) is 18.0. The SMILES string of the molecule is CCOCCCn1c(SCC(N)=O)nc2sc(C)c(C)c2c1=O. The number of hydrogen-bond donors (Lipinski definition) is 1. The minimum absolute atomic E-state index is 0.0553. The highest BCUT2D eigenvalue weighted by Crippen LogP contribution is 2.28. The van der Waals surface area contributed by atoms with Gasteiger partial charge in [0.2, 0.25) is 5.91 Å². The van der Waals surface area contributed by atoms with Crippen LogP contribution in [0.3, 0.4) is 0 Å². The summed E-state index contributed by atoms with van der Waals surface area (Å²) in [7, 11) is 0. The second kappa shape index (κ2) is 7.94. The maximum absolute atomic E-state index is 12.9. The zero-order valence-corrected chi connectivity index (χ0v) is 15.2. The number of nitrogens with zero attached hydrogens (tertiary/aromatic N) is 2. The average Bonchev–Trinajstić information content (AvgIpc) is 2.78. The van der Waals surface area contributed by atoms with E-state index in [1.165, 1.54) is 23.1 Å². The molecule has 0 bridgehead atoms. The lowest BCUT2D eigenvalue weighted by Gasteiger charge is -2.11. The van der Waals surface area contributed by atoms with E-state index in [4.69, 9.17) is 10.5 Å². The van der Waals surface area contributed by atoms with Crippen LogP contribution in [0, 0.1) is 13.8 Å². The van der Waals surface area contributed by atoms with E-state index in [1.54, 1.807) is 4.57 Å². The number of fused-ring (bicyclic) bond motifs is 1. The molecule has 2 aromatic heterocycles. The molecule has 0 saturated carbocycles. The third-order valence-electron chi connectivity index (χ3n) is 3.47. The number of rotatable bonds is 8. The Hall–Kier alpha value is -1.38. The van der Waals surface area contributed by atoms with E-state index in [0.717, 1.165) is 15.3 Å². The molecule has 2 N–H and O–H groups in total. The molecule has 8 heteroatoms. The van der Waals surface area contributed by atoms with Crippen LogP contribution in [-0.2, 0) is 16.1 Å². The molecule has 0 aliphatic carbocycles. The summed E-state index contributed by atoms with van der Waals surface area (Å²) in [5, 5.41) is 1.21. The molecule has 0 saturated heterocycles. The van der Waals surface area contributed by atoms with Crippen LogP contribution in [0.5, 0.6) is 0 Å². The fourth-order valence-electron chi connectivity index (χ4n) is 2.22. The maximum atomic E-state index is 12.9. The van der Waals surface area contributed by atoms with Crippen molar-refractivity contribution in [2.75, 3.05) is 19.0 Å². The number of carbonyl (C=O) groups excluding carboxylic acids is 1. The van der Waals surface area contributed by atoms with Crippen LogP contribution in [0.2, 0.25) is 0 Å². The summed E-state index contributed by atoms with van der Waals surface area (Å²) in [6.45, 7) is 7.61. The van der Waals surface area contributed by atoms with E-state index in [-0.39, 0.29) is 11.3 Å². The normalized spacial score (nSPS) is 11.3. The lowest BCUT2D eigenvalue weighted by molar-refractivity contribution is -0.115. The van der Waals surface area contributed by atoms with Crippen molar-refractivity contribution in [3.8, 4) is 0 Å². The number of primary amides is 1. The molecule has 0 aliphatic heterocycles. The molecule has 2 aromatic rings. The van der Waals surface area contributed by atoms with Gasteiger partial charge in [-0.25, -0.2) is 4.98 Å². The van der Waals surface area contributed by atoms with Gasteiger partial charge in [-0.2, -0.15) is 0 Å². The van der Waals surface area contributed by atoms with Crippen LogP contribution in [-0.4, -0.2) is 34.4 Å². The Morgan fingerprint density at radius 2 is 2.17 bits per heavy atom. The average molecular weight is 355 g/mol. The molecule has 0 aromatic carbocycles. The van der Waals surface area contributed by atoms with E-state index in [1.807, 2.05) is 20.8 Å². The molecule has 0 radical (unpaired) electrons. The number of thiophene rings is 1. The molecule has 23 heavy (non-hydrogen) atoms. The highest BCUT2D eigenvalue weighted by molar-refractivity contribution is 7.99. The Balaban J connectivity index is 2.42. The van der Waals surface area contributed by atoms with E-state index in [9.17, 15) is 9.59 Å². The molecule has 1 amide bonds. The molecule has 126 valence electrons. The van der Waals surface area contributed by atoms with Crippen LogP contribution in [0.15, 0.2) is 9.95 Å². The van der Waals surface area contributed by atoms with E-state index >= 15 is 0 Å². The van der Waals surface area contributed by atoms with Crippen molar-refractivity contribution >= 4 is 39.2 Å². The van der Waals surface area contributed by atoms with Crippen molar-refractivity contribution in [3.05, 3.63) is 20.8 Å². The van der Waals surface area contributed by atoms with Gasteiger partial charge in [-0.1, -0.05) is 11.8 Å². The molecule has 2 rings (SSSR count). The molecular formula is C15H21N3O3S2. The van der Waals surface area contributed by atoms with Crippen LogP contribution in [0.25, 0.3) is 10.2 Å². The summed E-state index contributed by atoms with van der Waals surface area (Å²) in [5.74, 6) is -0.323. The lowest BCUT2D eigenvalue weighted by Crippen LogP contribution is -2.25. The van der Waals surface area contributed by atoms with Gasteiger partial charge in [-0.15, -0.1) is 11.3 Å². The topological polar surface area (TPSA) is 87.2 Å². The predicted molar refractivity (Wildman–Crippen MR) is 94.4 cm³/mol. The number of hydrogen-bond acceptors (Lipinski definition) is 6. The number of carbonyl (C=O) groups is 1. The minimum Gasteiger partial charge on any atom is -0.382 e. The summed E-state index contributed by atoms with van der Waals surface area (Å²) >= 11 is 2.71. The Morgan fingerprint density at radius 3 is 2.83 bits per heavy atom. The molecule has 0 aliphatic rings. The second-order valence-corrected chi connectivity index (χ2v) is 7.27. The molecule has 6 nitrogen and oxygen atoms in total. The summed E-state index contributed by atoms with van der Waals surface area (Å²) < 4.78 is 6.97. The third kappa shape index (κ3) is 4.13. The van der Waals surface area contributed by atoms with Crippen molar-refractivity contribution in [1.29, 1.82) is 0 Å². The first-order valence-corrected chi connectivity index (χ1v) is 9.25. The van der Waals surface area contributed by atoms with Crippen molar-refractivity contribution in [2.24, 2.45) is 5.73 Å². The quantitative estimate of drug-likeness (QED) is 0.445. The fraction of sp³-hybridized carbons (Fsp3) is 0.533. The van der Waals surface area contributed by atoms with Gasteiger partial charge in [0.15, 0.2) is 5.16 Å². The number of thioether (sulfide) groups is 1. The van der Waals surface area contributed by atoms with Gasteiger partial charge in [0.05, 0.1) is 11.1 Å². The standard InChI is InChI=1S/C15H21N3O3S2/c1-4-21-7-5-6-18-14(20)12-9(2)10(3)23-13(12)17-15(18)22-8-11(16)19/h4-8H2,1-3H3,(H2,16,19). The summed E-state index contributed by atoms with van der Waals surface area (Å²) in [4.78, 5) is 30.3. The lowest BCUT2D eigenvalue weighted by atomic mass is 10.2. The number of amides is 1. The van der Waals surface area contributed by atoms with E-state index < -0.39 is 5.91 Å². The molecule has 0 fully saturated rings. The number of aromatic nitrogens is 2. The number of aryl methyl sites for hydroxylation is 2. The first-order valence-electron chi connectivity index (χ1n) is 7.45. The van der Waals surface area contributed by atoms with E-state index in [0.29, 0.717) is 36.7 Å². The highest BCUT2D eigenvalue weighted by Gasteiger charge is 2.17. The Kier molecular flexibility index (Phi) is 6.20. The van der Waals surface area contributed by atoms with Gasteiger partial charge in [0.1, 0.15) is 4.83 Å². The molecule has 0 unspecified atom stereocenters. The molecule has 2 heterocycles. The zero-order valence-electron chi connectivity index (χ0n) is 13.5. The Bertz CT molecular complexity index is 767. The Labute approximate surface area is 143 Å². The van der Waals surface area contributed by atoms with Crippen molar-refractivity contribution in [3.63, 3.8) is 0 Å². The summed E-state index contributed by atoms with van der Waals surface area (Å²) in [6, 6.07) is 0. The van der Waals surface area contributed by atoms with Gasteiger partial charge in [-0.05, 0) is 32.8 Å². The Morgan fingerprint density at radius 1 is 1.43 bits per heavy atom. The number of nitrogens with two attached hydrogens (primary N) is 1. The minimum atomic E-state index is -0.427. The fourth-order valence-corrected chi connectivity index (χ4v) is 4.06. The predicted octanol–water partition coefficient (Wildman–Crippen LogP) is 2.08. The maximum Gasteiger partial charge on any atom is 0.263 e. The van der Waals surface area contributed by atoms with Crippen molar-refractivity contribution in [1.82, 2.24) is 9.55 Å². The van der Waals surface area contributed by atoms with Crippen LogP contribution in [0.1, 0.15) is 23.8 Å². The van der Waals surface area contributed by atoms with E-state index in [2.05, 4.69) is 4.98 Å². The molecule has 0 spiro atoms. The van der Waals surface area contributed by atoms with Crippen LogP contribution >= 0.6 is 23.1 Å². The highest BCUT2D eigenvalue weighted by atomic mass is 32.2. The van der Waals surface area contributed by atoms with Crippen molar-refractivity contribution < 1.29 is 9.53 Å². The van der Waals surface area contributed by atoms with Gasteiger partial charge in [0.25, 0.3) is 5.56 Å². The molecular weight excluding hydrogens is 334 g/mol. The van der Waals surface area contributed by atoms with Gasteiger partial charge in [-0.3, -0.25) is 14.2 Å². The van der Waals surface area contributed by atoms with Crippen molar-refractivity contribution in [2.45, 2.75) is 38.9 Å². The largest absolute Gasteiger partial charge is 0.382 e. The summed E-state index contributed by atoms with van der Waals surface area (Å²) in [5.41, 5.74) is 6.14. The van der Waals surface area contributed by atoms with Crippen LogP contribution < -0.4 is 11.3 Å². The summed E-state index contributed by atoms with van der Waals surface area (Å²) in [6.07, 6.45) is 0.716. The van der Waals surface area contributed by atoms with Crippen LogP contribution in [0.4, 0.5) is 0 Å².